The molecule has 2 amide bonds. The molecule has 6 nitrogen and oxygen atoms in total. The summed E-state index contributed by atoms with van der Waals surface area (Å²) in [4.78, 5) is 29.3. The molecule has 0 radical (unpaired) electrons. The second kappa shape index (κ2) is 11.3. The van der Waals surface area contributed by atoms with Crippen LogP contribution >= 0.6 is 11.6 Å². The molecule has 7 heteroatoms. The highest BCUT2D eigenvalue weighted by Crippen LogP contribution is 2.21. The summed E-state index contributed by atoms with van der Waals surface area (Å²) in [6.07, 6.45) is 3.76. The quantitative estimate of drug-likeness (QED) is 0.508. The van der Waals surface area contributed by atoms with Crippen LogP contribution in [0.4, 0.5) is 0 Å². The van der Waals surface area contributed by atoms with E-state index in [0.717, 1.165) is 18.5 Å². The largest absolute Gasteiger partial charge is 0.383 e. The monoisotopic (exact) mass is 399 g/mol. The molecule has 154 valence electrons. The number of aryl methyl sites for hydroxylation is 1. The van der Waals surface area contributed by atoms with Gasteiger partial charge in [0.1, 0.15) is 0 Å². The van der Waals surface area contributed by atoms with E-state index >= 15 is 0 Å². The lowest BCUT2D eigenvalue weighted by Crippen LogP contribution is -2.48. The van der Waals surface area contributed by atoms with Gasteiger partial charge in [-0.05, 0) is 32.4 Å². The zero-order chi connectivity index (χ0) is 20.4. The minimum Gasteiger partial charge on any atom is -0.383 e. The predicted octanol–water partition coefficient (Wildman–Crippen LogP) is 2.89. The molecule has 0 N–H and O–H groups in total. The van der Waals surface area contributed by atoms with E-state index in [-0.39, 0.29) is 24.2 Å². The Morgan fingerprint density at radius 1 is 1.26 bits per heavy atom. The number of rotatable bonds is 12. The molecule has 1 aromatic heterocycles. The lowest BCUT2D eigenvalue weighted by atomic mass is 9.94. The number of carbonyl (C=O) groups excluding carboxylic acids is 2. The average Bonchev–Trinajstić information content (AvgIpc) is 3.05. The van der Waals surface area contributed by atoms with Gasteiger partial charge in [-0.25, -0.2) is 0 Å². The van der Waals surface area contributed by atoms with Crippen LogP contribution in [0.3, 0.4) is 0 Å². The Hall–Kier alpha value is -1.53. The van der Waals surface area contributed by atoms with Gasteiger partial charge in [0.15, 0.2) is 0 Å². The van der Waals surface area contributed by atoms with Gasteiger partial charge in [-0.2, -0.15) is 0 Å². The van der Waals surface area contributed by atoms with Crippen molar-refractivity contribution in [2.24, 2.45) is 12.5 Å². The molecular weight excluding hydrogens is 366 g/mol. The topological polar surface area (TPSA) is 54.8 Å². The highest BCUT2D eigenvalue weighted by Gasteiger charge is 2.32. The maximum absolute atomic E-state index is 13.0. The third kappa shape index (κ3) is 7.18. The van der Waals surface area contributed by atoms with E-state index < -0.39 is 5.41 Å². The molecule has 0 saturated carbocycles. The fraction of sp³-hybridized carbons (Fsp3) is 0.700. The smallest absolute Gasteiger partial charge is 0.242 e. The van der Waals surface area contributed by atoms with Gasteiger partial charge in [-0.15, -0.1) is 11.6 Å². The number of ether oxygens (including phenoxy) is 1. The number of amides is 2. The van der Waals surface area contributed by atoms with Gasteiger partial charge in [0, 0.05) is 45.0 Å². The Labute approximate surface area is 168 Å². The van der Waals surface area contributed by atoms with E-state index in [4.69, 9.17) is 16.3 Å². The molecule has 0 aromatic carbocycles. The van der Waals surface area contributed by atoms with Crippen molar-refractivity contribution >= 4 is 23.4 Å². The van der Waals surface area contributed by atoms with Crippen LogP contribution < -0.4 is 0 Å². The first-order valence-corrected chi connectivity index (χ1v) is 10.0. The minimum absolute atomic E-state index is 0.0628. The predicted molar refractivity (Wildman–Crippen MR) is 109 cm³/mol. The van der Waals surface area contributed by atoms with E-state index in [1.807, 2.05) is 43.8 Å². The maximum atomic E-state index is 13.0. The van der Waals surface area contributed by atoms with E-state index in [1.165, 1.54) is 0 Å². The first-order valence-electron chi connectivity index (χ1n) is 9.49. The molecule has 0 fully saturated rings. The second-order valence-corrected chi connectivity index (χ2v) is 7.78. The maximum Gasteiger partial charge on any atom is 0.242 e. The van der Waals surface area contributed by atoms with Crippen LogP contribution in [0.25, 0.3) is 0 Å². The van der Waals surface area contributed by atoms with Crippen LogP contribution in [0.1, 0.15) is 39.3 Å². The molecule has 0 saturated heterocycles. The van der Waals surface area contributed by atoms with Gasteiger partial charge in [0.05, 0.1) is 25.1 Å². The van der Waals surface area contributed by atoms with Gasteiger partial charge >= 0.3 is 0 Å². The summed E-state index contributed by atoms with van der Waals surface area (Å²) in [6, 6.07) is 3.94. The van der Waals surface area contributed by atoms with Crippen LogP contribution in [0, 0.1) is 5.41 Å². The highest BCUT2D eigenvalue weighted by molar-refractivity contribution is 6.19. The van der Waals surface area contributed by atoms with Crippen LogP contribution in [0.5, 0.6) is 0 Å². The normalized spacial score (nSPS) is 11.5. The first kappa shape index (κ1) is 23.5. The SMILES string of the molecule is CCCCN(CC(=O)N(CCOC)Cc1cccn1C)C(=O)C(C)(C)CCl. The number of carbonyl (C=O) groups is 2. The lowest BCUT2D eigenvalue weighted by Gasteiger charge is -2.32. The van der Waals surface area contributed by atoms with E-state index in [1.54, 1.807) is 16.9 Å². The summed E-state index contributed by atoms with van der Waals surface area (Å²) >= 11 is 5.98. The lowest BCUT2D eigenvalue weighted by molar-refractivity contribution is -0.146. The van der Waals surface area contributed by atoms with Crippen LogP contribution in [0.15, 0.2) is 18.3 Å². The van der Waals surface area contributed by atoms with E-state index in [9.17, 15) is 9.59 Å². The van der Waals surface area contributed by atoms with Gasteiger partial charge in [0.2, 0.25) is 11.8 Å². The number of nitrogens with zero attached hydrogens (tertiary/aromatic N) is 3. The van der Waals surface area contributed by atoms with Crippen molar-refractivity contribution in [3.05, 3.63) is 24.0 Å². The Bertz CT molecular complexity index is 601. The Morgan fingerprint density at radius 2 is 1.96 bits per heavy atom. The molecule has 0 unspecified atom stereocenters. The Kier molecular flexibility index (Phi) is 9.88. The molecule has 0 bridgehead atoms. The first-order chi connectivity index (χ1) is 12.8. The number of hydrogen-bond donors (Lipinski definition) is 0. The van der Waals surface area contributed by atoms with Gasteiger partial charge in [-0.1, -0.05) is 13.3 Å². The highest BCUT2D eigenvalue weighted by atomic mass is 35.5. The molecule has 1 rings (SSSR count). The van der Waals surface area contributed by atoms with Crippen molar-refractivity contribution in [3.63, 3.8) is 0 Å². The molecule has 0 atom stereocenters. The molecular formula is C20H34ClN3O3. The van der Waals surface area contributed by atoms with Gasteiger partial charge in [-0.3, -0.25) is 9.59 Å². The molecule has 0 aliphatic heterocycles. The van der Waals surface area contributed by atoms with Crippen molar-refractivity contribution in [2.75, 3.05) is 39.2 Å². The number of hydrogen-bond acceptors (Lipinski definition) is 3. The van der Waals surface area contributed by atoms with E-state index in [0.29, 0.717) is 26.2 Å². The third-order valence-corrected chi connectivity index (χ3v) is 5.30. The molecule has 0 spiro atoms. The number of methoxy groups -OCH3 is 1. The van der Waals surface area contributed by atoms with Crippen LogP contribution in [-0.4, -0.2) is 65.4 Å². The van der Waals surface area contributed by atoms with Crippen molar-refractivity contribution in [1.82, 2.24) is 14.4 Å². The summed E-state index contributed by atoms with van der Waals surface area (Å²) in [7, 11) is 3.57. The van der Waals surface area contributed by atoms with E-state index in [2.05, 4.69) is 6.92 Å². The molecule has 0 aliphatic rings. The third-order valence-electron chi connectivity index (χ3n) is 4.63. The van der Waals surface area contributed by atoms with Gasteiger partial charge < -0.3 is 19.1 Å². The number of alkyl halides is 1. The summed E-state index contributed by atoms with van der Waals surface area (Å²) in [6.45, 7) is 7.74. The summed E-state index contributed by atoms with van der Waals surface area (Å²) in [5, 5.41) is 0. The number of aromatic nitrogens is 1. The van der Waals surface area contributed by atoms with Crippen molar-refractivity contribution in [2.45, 2.75) is 40.2 Å². The zero-order valence-corrected chi connectivity index (χ0v) is 18.1. The minimum atomic E-state index is -0.689. The summed E-state index contributed by atoms with van der Waals surface area (Å²) in [5.41, 5.74) is 0.345. The van der Waals surface area contributed by atoms with Crippen LogP contribution in [-0.2, 0) is 27.9 Å². The van der Waals surface area contributed by atoms with Crippen LogP contribution in [0.2, 0.25) is 0 Å². The van der Waals surface area contributed by atoms with Crippen molar-refractivity contribution < 1.29 is 14.3 Å². The Balaban J connectivity index is 2.92. The second-order valence-electron chi connectivity index (χ2n) is 7.52. The van der Waals surface area contributed by atoms with Crippen molar-refractivity contribution in [3.8, 4) is 0 Å². The average molecular weight is 400 g/mol. The molecule has 1 heterocycles. The van der Waals surface area contributed by atoms with Gasteiger partial charge in [0.25, 0.3) is 0 Å². The fourth-order valence-corrected chi connectivity index (χ4v) is 2.81. The summed E-state index contributed by atoms with van der Waals surface area (Å²) in [5.74, 6) is 0.0623. The molecule has 27 heavy (non-hydrogen) atoms. The molecule has 1 aromatic rings. The standard InChI is InChI=1S/C20H34ClN3O3/c1-6-7-11-24(19(26)20(2,3)16-21)15-18(25)23(12-13-27-5)14-17-9-8-10-22(17)4/h8-10H,6-7,11-16H2,1-5H3. The number of halogens is 1. The number of unbranched alkanes of at least 4 members (excludes halogenated alkanes) is 1. The summed E-state index contributed by atoms with van der Waals surface area (Å²) < 4.78 is 7.15. The Morgan fingerprint density at radius 3 is 2.48 bits per heavy atom. The van der Waals surface area contributed by atoms with Crippen molar-refractivity contribution in [1.29, 1.82) is 0 Å². The molecule has 0 aliphatic carbocycles. The zero-order valence-electron chi connectivity index (χ0n) is 17.3. The fourth-order valence-electron chi connectivity index (χ4n) is 2.70.